The molecule has 0 fully saturated rings. The van der Waals surface area contributed by atoms with Crippen LogP contribution in [0.4, 0.5) is 0 Å². The molecule has 0 spiro atoms. The largest absolute Gasteiger partial charge is 4.00 e. The van der Waals surface area contributed by atoms with Crippen molar-refractivity contribution in [1.82, 2.24) is 0 Å². The summed E-state index contributed by atoms with van der Waals surface area (Å²) in [6, 6.07) is 0. The average molecular weight is 396 g/mol. The summed E-state index contributed by atoms with van der Waals surface area (Å²) in [5, 5.41) is 40.5. The van der Waals surface area contributed by atoms with Crippen LogP contribution in [0.5, 0.6) is 0 Å². The maximum atomic E-state index is 10.1. The fourth-order valence-electron chi connectivity index (χ4n) is 1.63. The minimum Gasteiger partial charge on any atom is -0.852 e. The van der Waals surface area contributed by atoms with Crippen molar-refractivity contribution in [2.45, 2.75) is 131 Å². The van der Waals surface area contributed by atoms with Crippen LogP contribution in [-0.4, -0.2) is 24.4 Å². The second kappa shape index (κ2) is 32.2. The minimum atomic E-state index is -0.352. The van der Waals surface area contributed by atoms with Crippen LogP contribution < -0.4 is 20.4 Å². The smallest absolute Gasteiger partial charge is 0.852 e. The average Bonchev–Trinajstić information content (AvgIpc) is 2.39. The first-order valence-corrected chi connectivity index (χ1v) is 9.71. The molecule has 152 valence electrons. The second-order valence-electron chi connectivity index (χ2n) is 6.40. The Balaban J connectivity index is -0.0000000702. The third-order valence-electron chi connectivity index (χ3n) is 2.78. The van der Waals surface area contributed by atoms with Gasteiger partial charge in [0.05, 0.1) is 0 Å². The molecule has 0 aromatic rings. The Hall–Kier alpha value is 0.554. The van der Waals surface area contributed by atoms with Crippen molar-refractivity contribution in [3.05, 3.63) is 0 Å². The van der Waals surface area contributed by atoms with Gasteiger partial charge in [-0.05, 0) is 0 Å². The van der Waals surface area contributed by atoms with Gasteiger partial charge in [0.1, 0.15) is 0 Å². The number of hydrogen-bond acceptors (Lipinski definition) is 4. The van der Waals surface area contributed by atoms with E-state index in [0.717, 1.165) is 51.4 Å². The van der Waals surface area contributed by atoms with Crippen molar-refractivity contribution in [2.24, 2.45) is 0 Å². The molecule has 4 unspecified atom stereocenters. The van der Waals surface area contributed by atoms with Crippen LogP contribution in [0.2, 0.25) is 0 Å². The Morgan fingerprint density at radius 3 is 0.560 bits per heavy atom. The summed E-state index contributed by atoms with van der Waals surface area (Å²) in [4.78, 5) is 0. The first-order valence-electron chi connectivity index (χ1n) is 9.71. The summed E-state index contributed by atoms with van der Waals surface area (Å²) in [5.74, 6) is 0. The summed E-state index contributed by atoms with van der Waals surface area (Å²) in [6.07, 6.45) is 5.94. The summed E-state index contributed by atoms with van der Waals surface area (Å²) in [6.45, 7) is 14.9. The Morgan fingerprint density at radius 1 is 0.440 bits per heavy atom. The first-order chi connectivity index (χ1) is 11.1. The molecule has 0 aliphatic rings. The Kier molecular flexibility index (Phi) is 47.0. The van der Waals surface area contributed by atoms with Crippen molar-refractivity contribution in [3.63, 3.8) is 0 Å². The molecule has 0 aliphatic carbocycles. The predicted molar refractivity (Wildman–Crippen MR) is 97.5 cm³/mol. The van der Waals surface area contributed by atoms with Crippen molar-refractivity contribution >= 4 is 0 Å². The second-order valence-corrected chi connectivity index (χ2v) is 6.40. The maximum absolute atomic E-state index is 10.1. The standard InChI is InChI=1S/4C5H11O.Ti/c4*1-3-4-5(2)6;/h4*5H,3-4H2,1-2H3;/q4*-1;+4. The quantitative estimate of drug-likeness (QED) is 0.588. The summed E-state index contributed by atoms with van der Waals surface area (Å²) < 4.78 is 0. The molecule has 0 saturated carbocycles. The van der Waals surface area contributed by atoms with Gasteiger partial charge >= 0.3 is 21.7 Å². The normalized spacial score (nSPS) is 13.9. The molecule has 0 bridgehead atoms. The zero-order chi connectivity index (χ0) is 20.0. The summed E-state index contributed by atoms with van der Waals surface area (Å²) in [5.41, 5.74) is 0. The van der Waals surface area contributed by atoms with Crippen LogP contribution in [0.15, 0.2) is 0 Å². The molecular formula is C20H44O4Ti. The van der Waals surface area contributed by atoms with Gasteiger partial charge in [0.25, 0.3) is 0 Å². The summed E-state index contributed by atoms with van der Waals surface area (Å²) >= 11 is 0. The van der Waals surface area contributed by atoms with Gasteiger partial charge in [-0.1, -0.05) is 107 Å². The van der Waals surface area contributed by atoms with Crippen molar-refractivity contribution in [3.8, 4) is 0 Å². The van der Waals surface area contributed by atoms with Gasteiger partial charge in [0.15, 0.2) is 0 Å². The Bertz CT molecular complexity index is 147. The molecule has 0 heterocycles. The summed E-state index contributed by atoms with van der Waals surface area (Å²) in [7, 11) is 0. The zero-order valence-corrected chi connectivity index (χ0v) is 19.7. The number of rotatable bonds is 8. The zero-order valence-electron chi connectivity index (χ0n) is 18.1. The van der Waals surface area contributed by atoms with Gasteiger partial charge < -0.3 is 20.4 Å². The molecule has 0 aliphatic heterocycles. The van der Waals surface area contributed by atoms with E-state index in [1.54, 1.807) is 27.7 Å². The van der Waals surface area contributed by atoms with Gasteiger partial charge in [-0.3, -0.25) is 0 Å². The molecule has 4 atom stereocenters. The van der Waals surface area contributed by atoms with E-state index in [1.807, 2.05) is 27.7 Å². The van der Waals surface area contributed by atoms with Crippen molar-refractivity contribution < 1.29 is 42.1 Å². The fourth-order valence-corrected chi connectivity index (χ4v) is 1.63. The molecule has 0 rings (SSSR count). The van der Waals surface area contributed by atoms with E-state index >= 15 is 0 Å². The van der Waals surface area contributed by atoms with Crippen LogP contribution in [0.25, 0.3) is 0 Å². The monoisotopic (exact) mass is 396 g/mol. The molecule has 0 N–H and O–H groups in total. The topological polar surface area (TPSA) is 92.2 Å². The number of hydrogen-bond donors (Lipinski definition) is 0. The molecule has 0 aromatic heterocycles. The Labute approximate surface area is 173 Å². The van der Waals surface area contributed by atoms with E-state index in [1.165, 1.54) is 0 Å². The van der Waals surface area contributed by atoms with Crippen LogP contribution in [0.1, 0.15) is 107 Å². The molecule has 25 heavy (non-hydrogen) atoms. The van der Waals surface area contributed by atoms with Crippen molar-refractivity contribution in [2.75, 3.05) is 0 Å². The van der Waals surface area contributed by atoms with Gasteiger partial charge in [-0.15, -0.1) is 24.4 Å². The molecular weight excluding hydrogens is 352 g/mol. The minimum absolute atomic E-state index is 0. The van der Waals surface area contributed by atoms with Crippen LogP contribution in [0, 0.1) is 0 Å². The van der Waals surface area contributed by atoms with Gasteiger partial charge in [0.2, 0.25) is 0 Å². The molecule has 0 saturated heterocycles. The van der Waals surface area contributed by atoms with Crippen LogP contribution in [0.3, 0.4) is 0 Å². The first kappa shape index (κ1) is 36.5. The maximum Gasteiger partial charge on any atom is 4.00 e. The SMILES string of the molecule is CCCC(C)[O-].CCCC(C)[O-].CCCC(C)[O-].CCCC(C)[O-].[Ti+4]. The molecule has 0 radical (unpaired) electrons. The fraction of sp³-hybridized carbons (Fsp3) is 1.00. The molecule has 5 heteroatoms. The van der Waals surface area contributed by atoms with E-state index in [2.05, 4.69) is 0 Å². The molecule has 4 nitrogen and oxygen atoms in total. The van der Waals surface area contributed by atoms with Crippen LogP contribution >= 0.6 is 0 Å². The van der Waals surface area contributed by atoms with Gasteiger partial charge in [-0.25, -0.2) is 0 Å². The van der Waals surface area contributed by atoms with E-state index < -0.39 is 0 Å². The van der Waals surface area contributed by atoms with E-state index in [9.17, 15) is 20.4 Å². The predicted octanol–water partition coefficient (Wildman–Crippen LogP) is 2.14. The van der Waals surface area contributed by atoms with Gasteiger partial charge in [0, 0.05) is 0 Å². The Morgan fingerprint density at radius 2 is 0.560 bits per heavy atom. The molecule has 0 aromatic carbocycles. The van der Waals surface area contributed by atoms with Gasteiger partial charge in [-0.2, -0.15) is 0 Å². The van der Waals surface area contributed by atoms with Crippen LogP contribution in [-0.2, 0) is 21.7 Å². The molecule has 0 amide bonds. The third-order valence-corrected chi connectivity index (χ3v) is 2.78. The third kappa shape index (κ3) is 79.3. The van der Waals surface area contributed by atoms with E-state index in [0.29, 0.717) is 0 Å². The van der Waals surface area contributed by atoms with Crippen molar-refractivity contribution in [1.29, 1.82) is 0 Å². The van der Waals surface area contributed by atoms with E-state index in [4.69, 9.17) is 0 Å². The van der Waals surface area contributed by atoms with E-state index in [-0.39, 0.29) is 46.1 Å².